The summed E-state index contributed by atoms with van der Waals surface area (Å²) in [5, 5.41) is 3.14. The van der Waals surface area contributed by atoms with Crippen LogP contribution in [0.15, 0.2) is 18.2 Å². The highest BCUT2D eigenvalue weighted by Gasteiger charge is 2.31. The summed E-state index contributed by atoms with van der Waals surface area (Å²) in [5.41, 5.74) is 2.12. The average Bonchev–Trinajstić information content (AvgIpc) is 2.45. The molecule has 0 saturated heterocycles. The Morgan fingerprint density at radius 2 is 2.05 bits per heavy atom. The minimum atomic E-state index is 0.392. The lowest BCUT2D eigenvalue weighted by atomic mass is 9.75. The Bertz CT molecular complexity index is 433. The Morgan fingerprint density at radius 1 is 1.29 bits per heavy atom. The van der Waals surface area contributed by atoms with E-state index in [2.05, 4.69) is 49.3 Å². The van der Waals surface area contributed by atoms with Gasteiger partial charge >= 0.3 is 0 Å². The van der Waals surface area contributed by atoms with Gasteiger partial charge in [0.1, 0.15) is 0 Å². The summed E-state index contributed by atoms with van der Waals surface area (Å²) in [6.45, 7) is 8.44. The van der Waals surface area contributed by atoms with E-state index < -0.39 is 0 Å². The second-order valence-electron chi connectivity index (χ2n) is 6.83. The maximum Gasteiger partial charge on any atom is 0.0891 e. The molecule has 1 saturated carbocycles. The van der Waals surface area contributed by atoms with Crippen molar-refractivity contribution in [2.45, 2.75) is 59.3 Å². The molecule has 1 N–H and O–H groups in total. The maximum absolute atomic E-state index is 6.26. The minimum Gasteiger partial charge on any atom is -0.372 e. The van der Waals surface area contributed by atoms with Gasteiger partial charge < -0.3 is 10.1 Å². The first-order valence-electron chi connectivity index (χ1n) is 8.31. The third-order valence-electron chi connectivity index (χ3n) is 4.63. The van der Waals surface area contributed by atoms with Gasteiger partial charge in [0.25, 0.3) is 0 Å². The van der Waals surface area contributed by atoms with Crippen molar-refractivity contribution in [2.75, 3.05) is 7.05 Å². The zero-order valence-corrected chi connectivity index (χ0v) is 13.9. The average molecular weight is 290 g/mol. The van der Waals surface area contributed by atoms with E-state index in [0.29, 0.717) is 24.5 Å². The lowest BCUT2D eigenvalue weighted by Gasteiger charge is -2.37. The number of pyridine rings is 1. The van der Waals surface area contributed by atoms with Crippen molar-refractivity contribution in [3.8, 4) is 0 Å². The smallest absolute Gasteiger partial charge is 0.0891 e. The van der Waals surface area contributed by atoms with Gasteiger partial charge in [0.2, 0.25) is 0 Å². The molecule has 1 fully saturated rings. The number of nitrogens with one attached hydrogen (secondary N) is 1. The Morgan fingerprint density at radius 3 is 2.76 bits per heavy atom. The van der Waals surface area contributed by atoms with Crippen LogP contribution in [0.25, 0.3) is 0 Å². The van der Waals surface area contributed by atoms with Crippen molar-refractivity contribution >= 4 is 0 Å². The van der Waals surface area contributed by atoms with Gasteiger partial charge in [0, 0.05) is 6.54 Å². The molecule has 0 bridgehead atoms. The van der Waals surface area contributed by atoms with Gasteiger partial charge in [-0.25, -0.2) is 0 Å². The van der Waals surface area contributed by atoms with Gasteiger partial charge in [-0.3, -0.25) is 4.98 Å². The van der Waals surface area contributed by atoms with Crippen LogP contribution in [0.2, 0.25) is 0 Å². The summed E-state index contributed by atoms with van der Waals surface area (Å²) in [6.07, 6.45) is 4.23. The highest BCUT2D eigenvalue weighted by Crippen LogP contribution is 2.35. The molecule has 2 rings (SSSR count). The van der Waals surface area contributed by atoms with Crippen molar-refractivity contribution in [1.82, 2.24) is 10.3 Å². The first-order valence-corrected chi connectivity index (χ1v) is 8.31. The molecule has 21 heavy (non-hydrogen) atoms. The van der Waals surface area contributed by atoms with E-state index in [1.165, 1.54) is 19.3 Å². The van der Waals surface area contributed by atoms with E-state index in [-0.39, 0.29) is 0 Å². The molecule has 0 radical (unpaired) electrons. The number of nitrogens with zero attached hydrogens (tertiary/aromatic N) is 1. The molecule has 0 amide bonds. The topological polar surface area (TPSA) is 34.1 Å². The Labute approximate surface area is 129 Å². The predicted octanol–water partition coefficient (Wildman–Crippen LogP) is 3.78. The third kappa shape index (κ3) is 4.79. The van der Waals surface area contributed by atoms with Crippen molar-refractivity contribution in [3.63, 3.8) is 0 Å². The zero-order chi connectivity index (χ0) is 15.2. The third-order valence-corrected chi connectivity index (χ3v) is 4.63. The molecule has 1 aliphatic rings. The largest absolute Gasteiger partial charge is 0.372 e. The molecule has 3 nitrogen and oxygen atoms in total. The fraction of sp³-hybridized carbons (Fsp3) is 0.722. The molecular formula is C18H30N2O. The predicted molar refractivity (Wildman–Crippen MR) is 86.9 cm³/mol. The molecule has 0 spiro atoms. The van der Waals surface area contributed by atoms with Crippen LogP contribution in [0.5, 0.6) is 0 Å². The minimum absolute atomic E-state index is 0.392. The summed E-state index contributed by atoms with van der Waals surface area (Å²) in [4.78, 5) is 4.65. The molecule has 0 aromatic carbocycles. The molecule has 1 aromatic heterocycles. The van der Waals surface area contributed by atoms with Gasteiger partial charge in [0.15, 0.2) is 0 Å². The molecule has 1 heterocycles. The summed E-state index contributed by atoms with van der Waals surface area (Å²) >= 11 is 0. The molecule has 0 aliphatic heterocycles. The summed E-state index contributed by atoms with van der Waals surface area (Å²) in [6, 6.07) is 6.19. The van der Waals surface area contributed by atoms with Crippen LogP contribution in [0, 0.1) is 17.8 Å². The Hall–Kier alpha value is -0.930. The van der Waals surface area contributed by atoms with E-state index >= 15 is 0 Å². The Balaban J connectivity index is 1.95. The van der Waals surface area contributed by atoms with Crippen molar-refractivity contribution in [1.29, 1.82) is 0 Å². The molecule has 1 aromatic rings. The Kier molecular flexibility index (Phi) is 6.19. The SMILES string of the molecule is CNCc1cccc(COC2CC(C)CCC2C(C)C)n1. The monoisotopic (exact) mass is 290 g/mol. The highest BCUT2D eigenvalue weighted by atomic mass is 16.5. The van der Waals surface area contributed by atoms with E-state index in [1.807, 2.05) is 7.05 Å². The van der Waals surface area contributed by atoms with Crippen LogP contribution in [-0.4, -0.2) is 18.1 Å². The van der Waals surface area contributed by atoms with Gasteiger partial charge in [-0.05, 0) is 49.8 Å². The molecule has 1 aliphatic carbocycles. The first-order chi connectivity index (χ1) is 10.1. The highest BCUT2D eigenvalue weighted by molar-refractivity contribution is 5.10. The van der Waals surface area contributed by atoms with Gasteiger partial charge in [-0.2, -0.15) is 0 Å². The standard InChI is InChI=1S/C18H30N2O/c1-13(2)17-9-8-14(3)10-18(17)21-12-16-7-5-6-15(20-16)11-19-4/h5-7,13-14,17-19H,8-12H2,1-4H3. The lowest BCUT2D eigenvalue weighted by Crippen LogP contribution is -2.34. The van der Waals surface area contributed by atoms with Crippen molar-refractivity contribution < 1.29 is 4.74 Å². The van der Waals surface area contributed by atoms with Crippen molar-refractivity contribution in [3.05, 3.63) is 29.6 Å². The number of aromatic nitrogens is 1. The van der Waals surface area contributed by atoms with Gasteiger partial charge in [-0.15, -0.1) is 0 Å². The molecule has 3 atom stereocenters. The number of hydrogen-bond acceptors (Lipinski definition) is 3. The second kappa shape index (κ2) is 7.90. The fourth-order valence-corrected chi connectivity index (χ4v) is 3.39. The van der Waals surface area contributed by atoms with E-state index in [4.69, 9.17) is 4.74 Å². The molecule has 3 unspecified atom stereocenters. The van der Waals surface area contributed by atoms with Gasteiger partial charge in [-0.1, -0.05) is 33.3 Å². The second-order valence-corrected chi connectivity index (χ2v) is 6.83. The van der Waals surface area contributed by atoms with Gasteiger partial charge in [0.05, 0.1) is 24.1 Å². The van der Waals surface area contributed by atoms with Crippen LogP contribution in [0.1, 0.15) is 51.4 Å². The number of rotatable bonds is 6. The normalized spacial score (nSPS) is 26.2. The zero-order valence-electron chi connectivity index (χ0n) is 13.9. The van der Waals surface area contributed by atoms with E-state index in [9.17, 15) is 0 Å². The van der Waals surface area contributed by atoms with E-state index in [0.717, 1.165) is 23.9 Å². The molecule has 118 valence electrons. The summed E-state index contributed by atoms with van der Waals surface area (Å²) in [5.74, 6) is 2.18. The molecule has 3 heteroatoms. The number of hydrogen-bond donors (Lipinski definition) is 1. The van der Waals surface area contributed by atoms with Crippen LogP contribution in [-0.2, 0) is 17.9 Å². The quantitative estimate of drug-likeness (QED) is 0.866. The molecular weight excluding hydrogens is 260 g/mol. The van der Waals surface area contributed by atoms with E-state index in [1.54, 1.807) is 0 Å². The van der Waals surface area contributed by atoms with Crippen LogP contribution < -0.4 is 5.32 Å². The fourth-order valence-electron chi connectivity index (χ4n) is 3.39. The summed E-state index contributed by atoms with van der Waals surface area (Å²) < 4.78 is 6.26. The number of ether oxygens (including phenoxy) is 1. The van der Waals surface area contributed by atoms with Crippen LogP contribution in [0.3, 0.4) is 0 Å². The van der Waals surface area contributed by atoms with Crippen molar-refractivity contribution in [2.24, 2.45) is 17.8 Å². The van der Waals surface area contributed by atoms with Crippen LogP contribution in [0.4, 0.5) is 0 Å². The van der Waals surface area contributed by atoms with Crippen LogP contribution >= 0.6 is 0 Å². The summed E-state index contributed by atoms with van der Waals surface area (Å²) in [7, 11) is 1.95. The lowest BCUT2D eigenvalue weighted by molar-refractivity contribution is -0.0483. The first kappa shape index (κ1) is 16.4. The maximum atomic E-state index is 6.26.